The Morgan fingerprint density at radius 1 is 1.25 bits per heavy atom. The molecule has 3 rings (SSSR count). The molecule has 0 amide bonds. The quantitative estimate of drug-likeness (QED) is 0.470. The molecule has 0 unspecified atom stereocenters. The molecule has 24 heavy (non-hydrogen) atoms. The molecule has 0 N–H and O–H groups in total. The van der Waals surface area contributed by atoms with Crippen LogP contribution in [0.15, 0.2) is 46.6 Å². The van der Waals surface area contributed by atoms with Crippen LogP contribution in [-0.2, 0) is 7.05 Å². The second kappa shape index (κ2) is 7.38. The van der Waals surface area contributed by atoms with Crippen molar-refractivity contribution in [1.29, 1.82) is 0 Å². The van der Waals surface area contributed by atoms with Gasteiger partial charge in [-0.15, -0.1) is 5.10 Å². The second-order valence-electron chi connectivity index (χ2n) is 4.99. The Morgan fingerprint density at radius 3 is 2.88 bits per heavy atom. The average Bonchev–Trinajstić information content (AvgIpc) is 2.88. The van der Waals surface area contributed by atoms with Crippen LogP contribution in [0.2, 0.25) is 10.0 Å². The van der Waals surface area contributed by atoms with Crippen LogP contribution < -0.4 is 9.54 Å². The zero-order valence-electron chi connectivity index (χ0n) is 13.2. The Bertz CT molecular complexity index is 976. The lowest BCUT2D eigenvalue weighted by Crippen LogP contribution is -2.08. The average molecular weight is 380 g/mol. The molecule has 0 aliphatic heterocycles. The Morgan fingerprint density at radius 2 is 2.08 bits per heavy atom. The smallest absolute Gasteiger partial charge is 0.211 e. The van der Waals surface area contributed by atoms with E-state index in [2.05, 4.69) is 10.2 Å². The maximum Gasteiger partial charge on any atom is 0.211 e. The summed E-state index contributed by atoms with van der Waals surface area (Å²) in [6.45, 7) is 2.61. The fourth-order valence-electron chi connectivity index (χ4n) is 2.23. The number of benzene rings is 2. The van der Waals surface area contributed by atoms with Crippen molar-refractivity contribution in [2.24, 2.45) is 17.3 Å². The van der Waals surface area contributed by atoms with E-state index >= 15 is 0 Å². The minimum absolute atomic E-state index is 0.472. The normalized spacial score (nSPS) is 12.4. The van der Waals surface area contributed by atoms with Gasteiger partial charge < -0.3 is 9.30 Å². The summed E-state index contributed by atoms with van der Waals surface area (Å²) in [7, 11) is 1.96. The highest BCUT2D eigenvalue weighted by Crippen LogP contribution is 2.24. The third kappa shape index (κ3) is 3.48. The van der Waals surface area contributed by atoms with Gasteiger partial charge in [0.25, 0.3) is 0 Å². The summed E-state index contributed by atoms with van der Waals surface area (Å²) in [5, 5.41) is 9.41. The number of halogens is 2. The van der Waals surface area contributed by atoms with Crippen LogP contribution in [0.25, 0.3) is 10.2 Å². The van der Waals surface area contributed by atoms with Gasteiger partial charge in [0.2, 0.25) is 4.80 Å². The fraction of sp³-hybridized carbons (Fsp3) is 0.176. The van der Waals surface area contributed by atoms with Crippen molar-refractivity contribution in [2.75, 3.05) is 6.61 Å². The predicted molar refractivity (Wildman–Crippen MR) is 102 cm³/mol. The van der Waals surface area contributed by atoms with E-state index in [-0.39, 0.29) is 0 Å². The van der Waals surface area contributed by atoms with E-state index < -0.39 is 0 Å². The van der Waals surface area contributed by atoms with Crippen molar-refractivity contribution < 1.29 is 4.74 Å². The topological polar surface area (TPSA) is 38.9 Å². The van der Waals surface area contributed by atoms with Gasteiger partial charge in [0, 0.05) is 12.6 Å². The van der Waals surface area contributed by atoms with Crippen LogP contribution in [0.5, 0.6) is 5.75 Å². The number of aryl methyl sites for hydroxylation is 1. The van der Waals surface area contributed by atoms with Crippen molar-refractivity contribution in [3.63, 3.8) is 0 Å². The molecule has 3 aromatic rings. The molecular weight excluding hydrogens is 365 g/mol. The largest absolute Gasteiger partial charge is 0.494 e. The molecule has 0 atom stereocenters. The van der Waals surface area contributed by atoms with Gasteiger partial charge in [0.1, 0.15) is 5.75 Å². The van der Waals surface area contributed by atoms with E-state index in [0.29, 0.717) is 16.7 Å². The Kier molecular flexibility index (Phi) is 5.23. The number of ether oxygens (including phenoxy) is 1. The third-order valence-corrected chi connectivity index (χ3v) is 5.33. The molecule has 0 saturated carbocycles. The monoisotopic (exact) mass is 379 g/mol. The number of fused-ring (bicyclic) bond motifs is 1. The van der Waals surface area contributed by atoms with Gasteiger partial charge in [0.15, 0.2) is 0 Å². The van der Waals surface area contributed by atoms with Crippen LogP contribution in [0.4, 0.5) is 0 Å². The van der Waals surface area contributed by atoms with Gasteiger partial charge >= 0.3 is 0 Å². The summed E-state index contributed by atoms with van der Waals surface area (Å²) in [5.41, 5.74) is 1.81. The summed E-state index contributed by atoms with van der Waals surface area (Å²) < 4.78 is 8.62. The summed E-state index contributed by atoms with van der Waals surface area (Å²) in [6, 6.07) is 11.4. The van der Waals surface area contributed by atoms with Gasteiger partial charge in [-0.2, -0.15) is 5.10 Å². The lowest BCUT2D eigenvalue weighted by atomic mass is 10.2. The van der Waals surface area contributed by atoms with E-state index in [9.17, 15) is 0 Å². The van der Waals surface area contributed by atoms with Crippen LogP contribution in [0.3, 0.4) is 0 Å². The van der Waals surface area contributed by atoms with E-state index in [1.807, 2.05) is 48.9 Å². The number of rotatable bonds is 4. The minimum Gasteiger partial charge on any atom is -0.494 e. The van der Waals surface area contributed by atoms with Crippen LogP contribution in [0.1, 0.15) is 12.5 Å². The van der Waals surface area contributed by atoms with E-state index in [1.165, 1.54) is 0 Å². The van der Waals surface area contributed by atoms with Crippen molar-refractivity contribution in [3.8, 4) is 5.75 Å². The van der Waals surface area contributed by atoms with Crippen molar-refractivity contribution in [1.82, 2.24) is 4.57 Å². The number of nitrogens with zero attached hydrogens (tertiary/aromatic N) is 3. The third-order valence-electron chi connectivity index (χ3n) is 3.41. The summed E-state index contributed by atoms with van der Waals surface area (Å²) >= 11 is 13.7. The lowest BCUT2D eigenvalue weighted by Gasteiger charge is -2.02. The van der Waals surface area contributed by atoms with Gasteiger partial charge in [0.05, 0.1) is 33.1 Å². The maximum absolute atomic E-state index is 6.14. The first kappa shape index (κ1) is 17.0. The molecule has 2 aromatic carbocycles. The summed E-state index contributed by atoms with van der Waals surface area (Å²) in [5.74, 6) is 0.854. The highest BCUT2D eigenvalue weighted by atomic mass is 35.5. The number of hydrogen-bond acceptors (Lipinski definition) is 4. The molecule has 0 aliphatic carbocycles. The summed E-state index contributed by atoms with van der Waals surface area (Å²) in [4.78, 5) is 0.785. The fourth-order valence-corrected chi connectivity index (χ4v) is 3.59. The maximum atomic E-state index is 6.14. The van der Waals surface area contributed by atoms with Gasteiger partial charge in [-0.1, -0.05) is 46.7 Å². The first-order chi connectivity index (χ1) is 11.6. The standard InChI is InChI=1S/C17H15Cl2N3OS/c1-3-23-12-7-8-14-15(9-12)24-17(22(14)2)21-20-10-11-5-4-6-13(18)16(11)19/h4-10H,3H2,1-2H3/b20-10-,21-17+. The molecule has 1 aromatic heterocycles. The van der Waals surface area contributed by atoms with E-state index in [1.54, 1.807) is 23.6 Å². The molecule has 0 radical (unpaired) electrons. The van der Waals surface area contributed by atoms with Gasteiger partial charge in [-0.05, 0) is 31.2 Å². The molecule has 1 heterocycles. The highest BCUT2D eigenvalue weighted by Gasteiger charge is 2.05. The molecule has 0 bridgehead atoms. The first-order valence-electron chi connectivity index (χ1n) is 7.33. The molecule has 0 fully saturated rings. The molecule has 0 spiro atoms. The number of thiazole rings is 1. The van der Waals surface area contributed by atoms with Gasteiger partial charge in [-0.25, -0.2) is 0 Å². The van der Waals surface area contributed by atoms with E-state index in [0.717, 1.165) is 26.3 Å². The lowest BCUT2D eigenvalue weighted by molar-refractivity contribution is 0.341. The zero-order valence-corrected chi connectivity index (χ0v) is 15.5. The SMILES string of the molecule is CCOc1ccc2c(c1)s/c(=N/N=C\c1cccc(Cl)c1Cl)n2C. The first-order valence-corrected chi connectivity index (χ1v) is 8.91. The van der Waals surface area contributed by atoms with Crippen LogP contribution in [0, 0.1) is 0 Å². The number of hydrogen-bond donors (Lipinski definition) is 0. The summed E-state index contributed by atoms with van der Waals surface area (Å²) in [6.07, 6.45) is 1.60. The Balaban J connectivity index is 1.96. The Hall–Kier alpha value is -1.82. The van der Waals surface area contributed by atoms with Crippen molar-refractivity contribution in [3.05, 3.63) is 56.8 Å². The number of aromatic nitrogens is 1. The van der Waals surface area contributed by atoms with Crippen molar-refractivity contribution >= 4 is 51.0 Å². The molecule has 0 saturated heterocycles. The Labute approximate surface area is 153 Å². The molecule has 7 heteroatoms. The highest BCUT2D eigenvalue weighted by molar-refractivity contribution is 7.16. The van der Waals surface area contributed by atoms with Crippen molar-refractivity contribution in [2.45, 2.75) is 6.92 Å². The zero-order chi connectivity index (χ0) is 17.1. The molecule has 124 valence electrons. The van der Waals surface area contributed by atoms with Gasteiger partial charge in [-0.3, -0.25) is 0 Å². The molecule has 4 nitrogen and oxygen atoms in total. The second-order valence-corrected chi connectivity index (χ2v) is 6.79. The van der Waals surface area contributed by atoms with Crippen LogP contribution >= 0.6 is 34.5 Å². The predicted octanol–water partition coefficient (Wildman–Crippen LogP) is 4.88. The van der Waals surface area contributed by atoms with E-state index in [4.69, 9.17) is 27.9 Å². The minimum atomic E-state index is 0.472. The molecule has 0 aliphatic rings. The molecular formula is C17H15Cl2N3OS. The van der Waals surface area contributed by atoms with Crippen LogP contribution in [-0.4, -0.2) is 17.4 Å².